The van der Waals surface area contributed by atoms with Crippen molar-refractivity contribution in [2.45, 2.75) is 51.1 Å². The number of benzene rings is 1. The highest BCUT2D eigenvalue weighted by molar-refractivity contribution is 5.81. The number of imidazole rings is 1. The summed E-state index contributed by atoms with van der Waals surface area (Å²) in [5, 5.41) is 3.15. The molecule has 1 saturated heterocycles. The van der Waals surface area contributed by atoms with Crippen molar-refractivity contribution in [3.05, 3.63) is 30.1 Å². The SMILES string of the molecule is CCN1CCCC1CNC(=O)Cn1c(C2CC2)nc2ccccc21. The second-order valence-corrected chi connectivity index (χ2v) is 7.05. The number of aromatic nitrogens is 2. The second-order valence-electron chi connectivity index (χ2n) is 7.05. The number of rotatable bonds is 6. The van der Waals surface area contributed by atoms with Gasteiger partial charge in [0.1, 0.15) is 12.4 Å². The van der Waals surface area contributed by atoms with Crippen LogP contribution in [0.25, 0.3) is 11.0 Å². The molecule has 1 aromatic heterocycles. The third-order valence-corrected chi connectivity index (χ3v) is 5.37. The third kappa shape index (κ3) is 3.05. The Balaban J connectivity index is 1.45. The standard InChI is InChI=1S/C19H26N4O/c1-2-22-11-5-6-15(22)12-20-18(24)13-23-17-8-4-3-7-16(17)21-19(23)14-9-10-14/h3-4,7-8,14-15H,2,5-6,9-13H2,1H3,(H,20,24). The van der Waals surface area contributed by atoms with Crippen molar-refractivity contribution in [3.63, 3.8) is 0 Å². The molecule has 1 aromatic carbocycles. The fourth-order valence-electron chi connectivity index (χ4n) is 3.89. The van der Waals surface area contributed by atoms with E-state index in [2.05, 4.69) is 27.8 Å². The molecule has 4 rings (SSSR count). The second kappa shape index (κ2) is 6.55. The number of likely N-dealkylation sites (N-methyl/N-ethyl adjacent to an activating group) is 1. The molecule has 1 N–H and O–H groups in total. The predicted molar refractivity (Wildman–Crippen MR) is 95.0 cm³/mol. The molecule has 0 radical (unpaired) electrons. The van der Waals surface area contributed by atoms with Crippen molar-refractivity contribution >= 4 is 16.9 Å². The van der Waals surface area contributed by atoms with Crippen molar-refractivity contribution < 1.29 is 4.79 Å². The van der Waals surface area contributed by atoms with Crippen LogP contribution in [0.2, 0.25) is 0 Å². The zero-order valence-corrected chi connectivity index (χ0v) is 14.4. The molecule has 2 aromatic rings. The Morgan fingerprint density at radius 1 is 1.29 bits per heavy atom. The molecule has 1 aliphatic carbocycles. The van der Waals surface area contributed by atoms with Gasteiger partial charge in [-0.2, -0.15) is 0 Å². The van der Waals surface area contributed by atoms with Crippen LogP contribution >= 0.6 is 0 Å². The van der Waals surface area contributed by atoms with Crippen molar-refractivity contribution in [1.82, 2.24) is 19.8 Å². The minimum atomic E-state index is 0.100. The van der Waals surface area contributed by atoms with E-state index in [4.69, 9.17) is 4.98 Å². The maximum absolute atomic E-state index is 12.5. The topological polar surface area (TPSA) is 50.2 Å². The number of para-hydroxylation sites is 2. The smallest absolute Gasteiger partial charge is 0.240 e. The third-order valence-electron chi connectivity index (χ3n) is 5.37. The molecule has 1 amide bonds. The van der Waals surface area contributed by atoms with Gasteiger partial charge in [-0.15, -0.1) is 0 Å². The Hall–Kier alpha value is -1.88. The maximum atomic E-state index is 12.5. The maximum Gasteiger partial charge on any atom is 0.240 e. The van der Waals surface area contributed by atoms with Crippen LogP contribution in [-0.2, 0) is 11.3 Å². The van der Waals surface area contributed by atoms with E-state index in [0.29, 0.717) is 18.5 Å². The van der Waals surface area contributed by atoms with Gasteiger partial charge in [0.05, 0.1) is 11.0 Å². The van der Waals surface area contributed by atoms with E-state index in [1.807, 2.05) is 18.2 Å². The Bertz CT molecular complexity index is 734. The van der Waals surface area contributed by atoms with Crippen LogP contribution in [0.4, 0.5) is 0 Å². The Kier molecular flexibility index (Phi) is 4.27. The van der Waals surface area contributed by atoms with Crippen molar-refractivity contribution in [3.8, 4) is 0 Å². The van der Waals surface area contributed by atoms with E-state index in [1.54, 1.807) is 0 Å². The molecule has 24 heavy (non-hydrogen) atoms. The quantitative estimate of drug-likeness (QED) is 0.887. The zero-order valence-electron chi connectivity index (χ0n) is 14.4. The van der Waals surface area contributed by atoms with E-state index in [9.17, 15) is 4.79 Å². The summed E-state index contributed by atoms with van der Waals surface area (Å²) in [5.41, 5.74) is 2.07. The molecule has 2 aliphatic rings. The van der Waals surface area contributed by atoms with Gasteiger partial charge in [-0.1, -0.05) is 19.1 Å². The lowest BCUT2D eigenvalue weighted by molar-refractivity contribution is -0.121. The number of hydrogen-bond acceptors (Lipinski definition) is 3. The van der Waals surface area contributed by atoms with E-state index >= 15 is 0 Å². The molecule has 0 bridgehead atoms. The molecule has 0 spiro atoms. The fraction of sp³-hybridized carbons (Fsp3) is 0.579. The van der Waals surface area contributed by atoms with Crippen molar-refractivity contribution in [2.75, 3.05) is 19.6 Å². The number of hydrogen-bond donors (Lipinski definition) is 1. The summed E-state index contributed by atoms with van der Waals surface area (Å²) in [6, 6.07) is 8.63. The number of fused-ring (bicyclic) bond motifs is 1. The van der Waals surface area contributed by atoms with E-state index in [0.717, 1.165) is 36.5 Å². The van der Waals surface area contributed by atoms with Gasteiger partial charge in [-0.25, -0.2) is 4.98 Å². The molecule has 2 heterocycles. The Labute approximate surface area is 143 Å². The predicted octanol–water partition coefficient (Wildman–Crippen LogP) is 2.51. The largest absolute Gasteiger partial charge is 0.353 e. The zero-order chi connectivity index (χ0) is 16.5. The number of carbonyl (C=O) groups is 1. The van der Waals surface area contributed by atoms with Gasteiger partial charge in [0, 0.05) is 18.5 Å². The minimum absolute atomic E-state index is 0.100. The lowest BCUT2D eigenvalue weighted by Gasteiger charge is -2.23. The number of likely N-dealkylation sites (tertiary alicyclic amines) is 1. The monoisotopic (exact) mass is 326 g/mol. The molecular formula is C19H26N4O. The molecule has 1 aliphatic heterocycles. The van der Waals surface area contributed by atoms with E-state index in [-0.39, 0.29) is 5.91 Å². The number of carbonyl (C=O) groups excluding carboxylic acids is 1. The summed E-state index contributed by atoms with van der Waals surface area (Å²) in [6.07, 6.45) is 4.82. The van der Waals surface area contributed by atoms with Crippen LogP contribution in [0.5, 0.6) is 0 Å². The number of amides is 1. The van der Waals surface area contributed by atoms with Crippen LogP contribution in [0.3, 0.4) is 0 Å². The number of nitrogens with one attached hydrogen (secondary N) is 1. The van der Waals surface area contributed by atoms with Crippen LogP contribution in [0.15, 0.2) is 24.3 Å². The van der Waals surface area contributed by atoms with Gasteiger partial charge in [-0.05, 0) is 50.9 Å². The highest BCUT2D eigenvalue weighted by Crippen LogP contribution is 2.40. The first kappa shape index (κ1) is 15.6. The fourth-order valence-corrected chi connectivity index (χ4v) is 3.89. The summed E-state index contributed by atoms with van der Waals surface area (Å²) in [5.74, 6) is 1.72. The highest BCUT2D eigenvalue weighted by Gasteiger charge is 2.30. The summed E-state index contributed by atoms with van der Waals surface area (Å²) in [7, 11) is 0. The summed E-state index contributed by atoms with van der Waals surface area (Å²) >= 11 is 0. The summed E-state index contributed by atoms with van der Waals surface area (Å²) in [4.78, 5) is 19.7. The summed E-state index contributed by atoms with van der Waals surface area (Å²) in [6.45, 7) is 5.57. The summed E-state index contributed by atoms with van der Waals surface area (Å²) < 4.78 is 2.12. The van der Waals surface area contributed by atoms with Crippen LogP contribution < -0.4 is 5.32 Å². The molecule has 1 atom stereocenters. The molecular weight excluding hydrogens is 300 g/mol. The minimum Gasteiger partial charge on any atom is -0.353 e. The van der Waals surface area contributed by atoms with Gasteiger partial charge < -0.3 is 9.88 Å². The number of nitrogens with zero attached hydrogens (tertiary/aromatic N) is 3. The lowest BCUT2D eigenvalue weighted by Crippen LogP contribution is -2.41. The van der Waals surface area contributed by atoms with Gasteiger partial charge in [0.2, 0.25) is 5.91 Å². The molecule has 5 nitrogen and oxygen atoms in total. The van der Waals surface area contributed by atoms with Crippen molar-refractivity contribution in [1.29, 1.82) is 0 Å². The molecule has 5 heteroatoms. The normalized spacial score (nSPS) is 21.5. The first-order valence-electron chi connectivity index (χ1n) is 9.22. The highest BCUT2D eigenvalue weighted by atomic mass is 16.1. The van der Waals surface area contributed by atoms with Gasteiger partial charge in [0.15, 0.2) is 0 Å². The Morgan fingerprint density at radius 3 is 2.92 bits per heavy atom. The van der Waals surface area contributed by atoms with E-state index < -0.39 is 0 Å². The van der Waals surface area contributed by atoms with Crippen LogP contribution in [0.1, 0.15) is 44.3 Å². The molecule has 1 saturated carbocycles. The van der Waals surface area contributed by atoms with Gasteiger partial charge >= 0.3 is 0 Å². The average molecular weight is 326 g/mol. The molecule has 128 valence electrons. The first-order chi connectivity index (χ1) is 11.8. The van der Waals surface area contributed by atoms with E-state index in [1.165, 1.54) is 25.7 Å². The van der Waals surface area contributed by atoms with Crippen molar-refractivity contribution in [2.24, 2.45) is 0 Å². The van der Waals surface area contributed by atoms with Gasteiger partial charge in [0.25, 0.3) is 0 Å². The van der Waals surface area contributed by atoms with Gasteiger partial charge in [-0.3, -0.25) is 9.69 Å². The van der Waals surface area contributed by atoms with Crippen LogP contribution in [0, 0.1) is 0 Å². The lowest BCUT2D eigenvalue weighted by atomic mass is 10.2. The molecule has 2 fully saturated rings. The first-order valence-corrected chi connectivity index (χ1v) is 9.22. The average Bonchev–Trinajstić information content (AvgIpc) is 3.23. The Morgan fingerprint density at radius 2 is 2.12 bits per heavy atom. The van der Waals surface area contributed by atoms with Crippen LogP contribution in [-0.4, -0.2) is 46.0 Å². The molecule has 1 unspecified atom stereocenters.